The fourth-order valence-corrected chi connectivity index (χ4v) is 3.36. The highest BCUT2D eigenvalue weighted by atomic mass is 32.2. The monoisotopic (exact) mass is 269 g/mol. The zero-order valence-corrected chi connectivity index (χ0v) is 11.8. The molecule has 1 aliphatic heterocycles. The standard InChI is InChI=1S/C14H20FNOS/c1-14(2)6-7-16(8-9-18-14)13-5-3-4-12(15)11(13)10-17/h3-5,17H,6-10H2,1-2H3. The van der Waals surface area contributed by atoms with Gasteiger partial charge in [-0.2, -0.15) is 11.8 Å². The minimum Gasteiger partial charge on any atom is -0.391 e. The lowest BCUT2D eigenvalue weighted by Gasteiger charge is -2.26. The number of halogens is 1. The molecule has 2 rings (SSSR count). The Morgan fingerprint density at radius 3 is 2.89 bits per heavy atom. The minimum absolute atomic E-state index is 0.241. The predicted molar refractivity (Wildman–Crippen MR) is 75.7 cm³/mol. The summed E-state index contributed by atoms with van der Waals surface area (Å²) in [7, 11) is 0. The van der Waals surface area contributed by atoms with Crippen LogP contribution in [0, 0.1) is 5.82 Å². The fraction of sp³-hybridized carbons (Fsp3) is 0.571. The van der Waals surface area contributed by atoms with Gasteiger partial charge in [0, 0.05) is 34.8 Å². The first kappa shape index (κ1) is 13.7. The van der Waals surface area contributed by atoms with Gasteiger partial charge in [0.1, 0.15) is 5.82 Å². The van der Waals surface area contributed by atoms with E-state index in [0.29, 0.717) is 5.56 Å². The van der Waals surface area contributed by atoms with Crippen LogP contribution in [0.3, 0.4) is 0 Å². The second-order valence-corrected chi connectivity index (χ2v) is 7.04. The summed E-state index contributed by atoms with van der Waals surface area (Å²) in [6.45, 7) is 6.08. The summed E-state index contributed by atoms with van der Waals surface area (Å²) >= 11 is 1.96. The maximum absolute atomic E-state index is 13.7. The molecule has 0 atom stereocenters. The molecule has 0 radical (unpaired) electrons. The van der Waals surface area contributed by atoms with Crippen LogP contribution in [0.1, 0.15) is 25.8 Å². The van der Waals surface area contributed by atoms with Gasteiger partial charge in [0.25, 0.3) is 0 Å². The van der Waals surface area contributed by atoms with E-state index in [1.807, 2.05) is 17.8 Å². The van der Waals surface area contributed by atoms with Crippen LogP contribution in [0.15, 0.2) is 18.2 Å². The van der Waals surface area contributed by atoms with E-state index >= 15 is 0 Å². The molecule has 0 unspecified atom stereocenters. The SMILES string of the molecule is CC1(C)CCN(c2cccc(F)c2CO)CCS1. The van der Waals surface area contributed by atoms with Gasteiger partial charge in [-0.05, 0) is 18.6 Å². The Morgan fingerprint density at radius 1 is 1.39 bits per heavy atom. The Hall–Kier alpha value is -0.740. The zero-order valence-electron chi connectivity index (χ0n) is 10.9. The normalized spacial score (nSPS) is 19.7. The van der Waals surface area contributed by atoms with Gasteiger partial charge < -0.3 is 10.0 Å². The summed E-state index contributed by atoms with van der Waals surface area (Å²) in [6.07, 6.45) is 1.07. The fourth-order valence-electron chi connectivity index (χ4n) is 2.26. The third kappa shape index (κ3) is 2.98. The molecule has 1 heterocycles. The maximum Gasteiger partial charge on any atom is 0.130 e. The molecule has 1 aliphatic rings. The lowest BCUT2D eigenvalue weighted by atomic mass is 10.1. The summed E-state index contributed by atoms with van der Waals surface area (Å²) in [5.74, 6) is 0.722. The Balaban J connectivity index is 2.24. The lowest BCUT2D eigenvalue weighted by molar-refractivity contribution is 0.276. The summed E-state index contributed by atoms with van der Waals surface area (Å²) in [5, 5.41) is 9.33. The molecule has 0 spiro atoms. The van der Waals surface area contributed by atoms with Crippen LogP contribution >= 0.6 is 11.8 Å². The number of benzene rings is 1. The number of hydrogen-bond acceptors (Lipinski definition) is 3. The minimum atomic E-state index is -0.314. The molecule has 2 nitrogen and oxygen atoms in total. The van der Waals surface area contributed by atoms with E-state index in [9.17, 15) is 9.50 Å². The van der Waals surface area contributed by atoms with Crippen molar-refractivity contribution in [1.29, 1.82) is 0 Å². The molecule has 0 amide bonds. The number of thioether (sulfide) groups is 1. The van der Waals surface area contributed by atoms with Crippen LogP contribution in [0.25, 0.3) is 0 Å². The molecule has 1 saturated heterocycles. The molecule has 1 N–H and O–H groups in total. The highest BCUT2D eigenvalue weighted by Gasteiger charge is 2.25. The third-order valence-electron chi connectivity index (χ3n) is 3.43. The summed E-state index contributed by atoms with van der Waals surface area (Å²) in [6, 6.07) is 5.02. The van der Waals surface area contributed by atoms with E-state index in [4.69, 9.17) is 0 Å². The van der Waals surface area contributed by atoms with Crippen LogP contribution in [0.5, 0.6) is 0 Å². The van der Waals surface area contributed by atoms with Gasteiger partial charge in [0.05, 0.1) is 6.61 Å². The molecular formula is C14H20FNOS. The van der Waals surface area contributed by atoms with Gasteiger partial charge in [-0.1, -0.05) is 19.9 Å². The quantitative estimate of drug-likeness (QED) is 0.892. The van der Waals surface area contributed by atoms with E-state index in [-0.39, 0.29) is 17.2 Å². The molecular weight excluding hydrogens is 249 g/mol. The Bertz CT molecular complexity index is 422. The molecule has 18 heavy (non-hydrogen) atoms. The van der Waals surface area contributed by atoms with Gasteiger partial charge in [-0.25, -0.2) is 4.39 Å². The number of hydrogen-bond donors (Lipinski definition) is 1. The zero-order chi connectivity index (χ0) is 13.2. The van der Waals surface area contributed by atoms with Crippen molar-refractivity contribution in [3.8, 4) is 0 Å². The molecule has 1 aromatic rings. The van der Waals surface area contributed by atoms with Crippen LogP contribution in [0.4, 0.5) is 10.1 Å². The molecule has 0 saturated carbocycles. The highest BCUT2D eigenvalue weighted by Crippen LogP contribution is 2.33. The summed E-state index contributed by atoms with van der Waals surface area (Å²) < 4.78 is 13.9. The van der Waals surface area contributed by atoms with Crippen molar-refractivity contribution in [2.75, 3.05) is 23.7 Å². The van der Waals surface area contributed by atoms with E-state index in [1.165, 1.54) is 6.07 Å². The smallest absolute Gasteiger partial charge is 0.130 e. The van der Waals surface area contributed by atoms with Gasteiger partial charge in [-0.15, -0.1) is 0 Å². The van der Waals surface area contributed by atoms with Crippen LogP contribution < -0.4 is 4.90 Å². The van der Waals surface area contributed by atoms with Crippen molar-refractivity contribution in [2.45, 2.75) is 31.6 Å². The van der Waals surface area contributed by atoms with E-state index in [1.54, 1.807) is 6.07 Å². The molecule has 0 bridgehead atoms. The van der Waals surface area contributed by atoms with Crippen molar-refractivity contribution in [3.05, 3.63) is 29.6 Å². The number of anilines is 1. The predicted octanol–water partition coefficient (Wildman–Crippen LogP) is 3.04. The number of nitrogens with zero attached hydrogens (tertiary/aromatic N) is 1. The second-order valence-electron chi connectivity index (χ2n) is 5.24. The van der Waals surface area contributed by atoms with Crippen LogP contribution in [-0.2, 0) is 6.61 Å². The molecule has 1 aromatic carbocycles. The third-order valence-corrected chi connectivity index (χ3v) is 4.80. The molecule has 100 valence electrons. The first-order valence-electron chi connectivity index (χ1n) is 6.31. The molecule has 1 fully saturated rings. The van der Waals surface area contributed by atoms with Gasteiger partial charge in [-0.3, -0.25) is 0 Å². The average Bonchev–Trinajstić information content (AvgIpc) is 2.50. The van der Waals surface area contributed by atoms with E-state index < -0.39 is 0 Å². The summed E-state index contributed by atoms with van der Waals surface area (Å²) in [5.41, 5.74) is 1.26. The highest BCUT2D eigenvalue weighted by molar-refractivity contribution is 8.00. The van der Waals surface area contributed by atoms with Gasteiger partial charge in [0.2, 0.25) is 0 Å². The number of aliphatic hydroxyl groups is 1. The Morgan fingerprint density at radius 2 is 2.17 bits per heavy atom. The topological polar surface area (TPSA) is 23.5 Å². The maximum atomic E-state index is 13.7. The van der Waals surface area contributed by atoms with Gasteiger partial charge in [0.15, 0.2) is 0 Å². The first-order chi connectivity index (χ1) is 8.53. The average molecular weight is 269 g/mol. The second kappa shape index (κ2) is 5.49. The van der Waals surface area contributed by atoms with Crippen LogP contribution in [0.2, 0.25) is 0 Å². The van der Waals surface area contributed by atoms with E-state index in [0.717, 1.165) is 31.0 Å². The van der Waals surface area contributed by atoms with Crippen molar-refractivity contribution in [2.24, 2.45) is 0 Å². The molecule has 0 aliphatic carbocycles. The lowest BCUT2D eigenvalue weighted by Crippen LogP contribution is -2.28. The van der Waals surface area contributed by atoms with Crippen LogP contribution in [-0.4, -0.2) is 28.7 Å². The number of rotatable bonds is 2. The number of aliphatic hydroxyl groups excluding tert-OH is 1. The largest absolute Gasteiger partial charge is 0.391 e. The Kier molecular flexibility index (Phi) is 4.17. The molecule has 4 heteroatoms. The van der Waals surface area contributed by atoms with Crippen molar-refractivity contribution >= 4 is 17.4 Å². The Labute approximate surface area is 112 Å². The molecule has 0 aromatic heterocycles. The van der Waals surface area contributed by atoms with Crippen molar-refractivity contribution < 1.29 is 9.50 Å². The first-order valence-corrected chi connectivity index (χ1v) is 7.29. The van der Waals surface area contributed by atoms with E-state index in [2.05, 4.69) is 18.7 Å². The van der Waals surface area contributed by atoms with Crippen molar-refractivity contribution in [3.63, 3.8) is 0 Å². The van der Waals surface area contributed by atoms with Crippen molar-refractivity contribution in [1.82, 2.24) is 0 Å². The summed E-state index contributed by atoms with van der Waals surface area (Å²) in [4.78, 5) is 2.19. The van der Waals surface area contributed by atoms with Gasteiger partial charge >= 0.3 is 0 Å².